The number of carboxylic acids is 1. The zero-order valence-corrected chi connectivity index (χ0v) is 12.3. The molecule has 0 saturated heterocycles. The molecule has 1 saturated carbocycles. The van der Waals surface area contributed by atoms with Crippen molar-refractivity contribution in [2.24, 2.45) is 5.41 Å². The number of nitrogens with one attached hydrogen (secondary N) is 1. The molecule has 0 heterocycles. The molecule has 0 atom stereocenters. The van der Waals surface area contributed by atoms with Gasteiger partial charge < -0.3 is 15.3 Å². The van der Waals surface area contributed by atoms with Crippen LogP contribution in [-0.2, 0) is 14.4 Å². The monoisotopic (exact) mass is 284 g/mol. The first-order valence-electron chi connectivity index (χ1n) is 7.05. The summed E-state index contributed by atoms with van der Waals surface area (Å²) < 4.78 is 0. The van der Waals surface area contributed by atoms with E-state index in [1.807, 2.05) is 0 Å². The van der Waals surface area contributed by atoms with Crippen LogP contribution in [0.4, 0.5) is 0 Å². The fourth-order valence-corrected chi connectivity index (χ4v) is 2.88. The minimum atomic E-state index is -0.853. The molecule has 1 fully saturated rings. The maximum atomic E-state index is 12.2. The highest BCUT2D eigenvalue weighted by Gasteiger charge is 2.37. The van der Waals surface area contributed by atoms with Crippen LogP contribution in [0.15, 0.2) is 0 Å². The van der Waals surface area contributed by atoms with E-state index >= 15 is 0 Å². The molecular formula is C14H24N2O4. The van der Waals surface area contributed by atoms with Gasteiger partial charge in [0.1, 0.15) is 0 Å². The molecule has 2 amide bonds. The molecule has 114 valence electrons. The van der Waals surface area contributed by atoms with Crippen LogP contribution in [0.2, 0.25) is 0 Å². The van der Waals surface area contributed by atoms with E-state index < -0.39 is 11.4 Å². The minimum absolute atomic E-state index is 0.0124. The lowest BCUT2D eigenvalue weighted by Crippen LogP contribution is -2.40. The molecule has 0 aliphatic heterocycles. The summed E-state index contributed by atoms with van der Waals surface area (Å²) in [6.07, 6.45) is 4.85. The first-order chi connectivity index (χ1) is 9.38. The SMILES string of the molecule is CNC(=O)CN(C)C(=O)CC1(CC(=O)O)CCCCC1. The highest BCUT2D eigenvalue weighted by molar-refractivity contribution is 5.85. The zero-order chi connectivity index (χ0) is 15.2. The minimum Gasteiger partial charge on any atom is -0.481 e. The number of amides is 2. The van der Waals surface area contributed by atoms with Gasteiger partial charge in [0.05, 0.1) is 13.0 Å². The number of nitrogens with zero attached hydrogens (tertiary/aromatic N) is 1. The molecule has 0 aromatic rings. The standard InChI is InChI=1S/C14H24N2O4/c1-15-11(17)10-16(2)12(18)8-14(9-13(19)20)6-4-3-5-7-14/h3-10H2,1-2H3,(H,15,17)(H,19,20). The van der Waals surface area contributed by atoms with Crippen molar-refractivity contribution in [2.75, 3.05) is 20.6 Å². The van der Waals surface area contributed by atoms with Gasteiger partial charge in [0.25, 0.3) is 0 Å². The van der Waals surface area contributed by atoms with Crippen molar-refractivity contribution in [1.29, 1.82) is 0 Å². The highest BCUT2D eigenvalue weighted by Crippen LogP contribution is 2.42. The van der Waals surface area contributed by atoms with Gasteiger partial charge in [-0.05, 0) is 18.3 Å². The molecule has 0 radical (unpaired) electrons. The third kappa shape index (κ3) is 4.83. The Hall–Kier alpha value is -1.59. The Kier molecular flexibility index (Phi) is 5.98. The molecule has 6 heteroatoms. The van der Waals surface area contributed by atoms with Crippen molar-refractivity contribution in [3.05, 3.63) is 0 Å². The number of carboxylic acid groups (broad SMARTS) is 1. The summed E-state index contributed by atoms with van der Waals surface area (Å²) in [7, 11) is 3.10. The lowest BCUT2D eigenvalue weighted by molar-refractivity contribution is -0.143. The Morgan fingerprint density at radius 2 is 1.75 bits per heavy atom. The summed E-state index contributed by atoms with van der Waals surface area (Å²) in [4.78, 5) is 35.9. The number of rotatable bonds is 6. The summed E-state index contributed by atoms with van der Waals surface area (Å²) in [5.74, 6) is -1.23. The lowest BCUT2D eigenvalue weighted by atomic mass is 9.69. The summed E-state index contributed by atoms with van der Waals surface area (Å²) in [6.45, 7) is 0.0124. The normalized spacial score (nSPS) is 17.3. The molecule has 6 nitrogen and oxygen atoms in total. The van der Waals surface area contributed by atoms with Gasteiger partial charge in [0.2, 0.25) is 11.8 Å². The second-order valence-corrected chi connectivity index (χ2v) is 5.73. The summed E-state index contributed by atoms with van der Waals surface area (Å²) in [6, 6.07) is 0. The predicted molar refractivity (Wildman–Crippen MR) is 74.1 cm³/mol. The average molecular weight is 284 g/mol. The fraction of sp³-hybridized carbons (Fsp3) is 0.786. The maximum Gasteiger partial charge on any atom is 0.303 e. The number of hydrogen-bond acceptors (Lipinski definition) is 3. The van der Waals surface area contributed by atoms with Crippen LogP contribution >= 0.6 is 0 Å². The van der Waals surface area contributed by atoms with Crippen LogP contribution in [0.25, 0.3) is 0 Å². The van der Waals surface area contributed by atoms with Crippen molar-refractivity contribution in [2.45, 2.75) is 44.9 Å². The smallest absolute Gasteiger partial charge is 0.303 e. The van der Waals surface area contributed by atoms with Crippen molar-refractivity contribution in [1.82, 2.24) is 10.2 Å². The molecule has 20 heavy (non-hydrogen) atoms. The summed E-state index contributed by atoms with van der Waals surface area (Å²) >= 11 is 0. The topological polar surface area (TPSA) is 86.7 Å². The van der Waals surface area contributed by atoms with Gasteiger partial charge in [0.15, 0.2) is 0 Å². The van der Waals surface area contributed by atoms with Crippen molar-refractivity contribution in [3.8, 4) is 0 Å². The largest absolute Gasteiger partial charge is 0.481 e. The number of carbonyl (C=O) groups is 3. The van der Waals surface area contributed by atoms with E-state index in [0.29, 0.717) is 0 Å². The second-order valence-electron chi connectivity index (χ2n) is 5.73. The third-order valence-corrected chi connectivity index (χ3v) is 4.05. The molecule has 1 aliphatic rings. The van der Waals surface area contributed by atoms with Gasteiger partial charge in [-0.1, -0.05) is 19.3 Å². The quantitative estimate of drug-likeness (QED) is 0.762. The summed E-state index contributed by atoms with van der Waals surface area (Å²) in [5.41, 5.74) is -0.432. The van der Waals surface area contributed by atoms with Crippen molar-refractivity contribution >= 4 is 17.8 Å². The molecule has 0 aromatic carbocycles. The Balaban J connectivity index is 2.66. The van der Waals surface area contributed by atoms with E-state index in [-0.39, 0.29) is 31.2 Å². The summed E-state index contributed by atoms with van der Waals surface area (Å²) in [5, 5.41) is 11.5. The maximum absolute atomic E-state index is 12.2. The number of likely N-dealkylation sites (N-methyl/N-ethyl adjacent to an activating group) is 2. The predicted octanol–water partition coefficient (Wildman–Crippen LogP) is 1.01. The number of aliphatic carboxylic acids is 1. The van der Waals surface area contributed by atoms with E-state index in [4.69, 9.17) is 5.11 Å². The van der Waals surface area contributed by atoms with E-state index in [2.05, 4.69) is 5.32 Å². The molecule has 2 N–H and O–H groups in total. The lowest BCUT2D eigenvalue weighted by Gasteiger charge is -2.36. The van der Waals surface area contributed by atoms with Crippen LogP contribution < -0.4 is 5.32 Å². The van der Waals surface area contributed by atoms with E-state index in [1.165, 1.54) is 11.9 Å². The fourth-order valence-electron chi connectivity index (χ4n) is 2.88. The van der Waals surface area contributed by atoms with E-state index in [0.717, 1.165) is 32.1 Å². The van der Waals surface area contributed by atoms with Crippen LogP contribution in [0.3, 0.4) is 0 Å². The van der Waals surface area contributed by atoms with Crippen LogP contribution in [0, 0.1) is 5.41 Å². The molecule has 0 unspecified atom stereocenters. The van der Waals surface area contributed by atoms with Crippen LogP contribution in [0.5, 0.6) is 0 Å². The van der Waals surface area contributed by atoms with Crippen LogP contribution in [-0.4, -0.2) is 48.4 Å². The molecule has 0 bridgehead atoms. The van der Waals surface area contributed by atoms with Crippen molar-refractivity contribution < 1.29 is 19.5 Å². The highest BCUT2D eigenvalue weighted by atomic mass is 16.4. The Morgan fingerprint density at radius 1 is 1.15 bits per heavy atom. The molecule has 1 rings (SSSR count). The Labute approximate surface area is 119 Å². The Morgan fingerprint density at radius 3 is 2.25 bits per heavy atom. The van der Waals surface area contributed by atoms with Gasteiger partial charge in [-0.25, -0.2) is 0 Å². The van der Waals surface area contributed by atoms with Gasteiger partial charge in [-0.15, -0.1) is 0 Å². The van der Waals surface area contributed by atoms with Gasteiger partial charge in [-0.2, -0.15) is 0 Å². The average Bonchev–Trinajstić information content (AvgIpc) is 2.38. The third-order valence-electron chi connectivity index (χ3n) is 4.05. The Bertz CT molecular complexity index is 375. The first kappa shape index (κ1) is 16.5. The number of carbonyl (C=O) groups excluding carboxylic acids is 2. The van der Waals surface area contributed by atoms with E-state index in [9.17, 15) is 14.4 Å². The van der Waals surface area contributed by atoms with Gasteiger partial charge >= 0.3 is 5.97 Å². The number of hydrogen-bond donors (Lipinski definition) is 2. The zero-order valence-electron chi connectivity index (χ0n) is 12.3. The van der Waals surface area contributed by atoms with Gasteiger partial charge in [-0.3, -0.25) is 14.4 Å². The van der Waals surface area contributed by atoms with Crippen molar-refractivity contribution in [3.63, 3.8) is 0 Å². The molecule has 0 aromatic heterocycles. The molecular weight excluding hydrogens is 260 g/mol. The first-order valence-corrected chi connectivity index (χ1v) is 7.05. The van der Waals surface area contributed by atoms with Gasteiger partial charge in [0, 0.05) is 20.5 Å². The van der Waals surface area contributed by atoms with E-state index in [1.54, 1.807) is 7.05 Å². The van der Waals surface area contributed by atoms with Crippen LogP contribution in [0.1, 0.15) is 44.9 Å². The second kappa shape index (κ2) is 7.26. The molecule has 0 spiro atoms. The molecule has 1 aliphatic carbocycles.